The first-order chi connectivity index (χ1) is 7.68. The van der Waals surface area contributed by atoms with E-state index < -0.39 is 0 Å². The van der Waals surface area contributed by atoms with Gasteiger partial charge in [-0.05, 0) is 38.3 Å². The van der Waals surface area contributed by atoms with E-state index >= 15 is 0 Å². The highest BCUT2D eigenvalue weighted by molar-refractivity contribution is 5.79. The topological polar surface area (TPSA) is 52.6 Å². The van der Waals surface area contributed by atoms with Crippen LogP contribution >= 0.6 is 0 Å². The zero-order chi connectivity index (χ0) is 11.5. The van der Waals surface area contributed by atoms with E-state index in [0.29, 0.717) is 5.91 Å². The average Bonchev–Trinajstić information content (AvgIpc) is 2.33. The van der Waals surface area contributed by atoms with Crippen LogP contribution < -0.4 is 5.32 Å². The first kappa shape index (κ1) is 11.9. The lowest BCUT2D eigenvalue weighted by Crippen LogP contribution is -2.48. The van der Waals surface area contributed by atoms with E-state index in [1.54, 1.807) is 0 Å². The van der Waals surface area contributed by atoms with Gasteiger partial charge in [-0.25, -0.2) is 0 Å². The molecule has 0 aromatic rings. The quantitative estimate of drug-likeness (QED) is 0.672. The van der Waals surface area contributed by atoms with Crippen molar-refractivity contribution in [2.45, 2.75) is 32.3 Å². The Morgan fingerprint density at radius 1 is 1.31 bits per heavy atom. The molecule has 2 N–H and O–H groups in total. The molecule has 2 aliphatic rings. The van der Waals surface area contributed by atoms with Gasteiger partial charge in [0.2, 0.25) is 5.91 Å². The van der Waals surface area contributed by atoms with Crippen LogP contribution in [0.5, 0.6) is 0 Å². The molecule has 2 heterocycles. The fourth-order valence-electron chi connectivity index (χ4n) is 2.66. The lowest BCUT2D eigenvalue weighted by Gasteiger charge is -2.37. The Hall–Kier alpha value is -0.610. The first-order valence-corrected chi connectivity index (χ1v) is 6.36. The molecule has 0 saturated carbocycles. The molecule has 16 heavy (non-hydrogen) atoms. The fourth-order valence-corrected chi connectivity index (χ4v) is 2.66. The largest absolute Gasteiger partial charge is 0.393 e. The lowest BCUT2D eigenvalue weighted by atomic mass is 9.92. The normalized spacial score (nSPS) is 32.8. The van der Waals surface area contributed by atoms with Crippen LogP contribution in [0.1, 0.15) is 26.2 Å². The monoisotopic (exact) mass is 226 g/mol. The number of carbonyl (C=O) groups is 1. The summed E-state index contributed by atoms with van der Waals surface area (Å²) in [6.45, 7) is 5.40. The standard InChI is InChI=1S/C12H22N2O2/c1-9-8-14(7-4-11(9)15)12(16)10-2-5-13-6-3-10/h9-11,13,15H,2-8H2,1H3/t9-,11+/m0/s1. The highest BCUT2D eigenvalue weighted by Gasteiger charge is 2.31. The van der Waals surface area contributed by atoms with Crippen molar-refractivity contribution in [3.05, 3.63) is 0 Å². The van der Waals surface area contributed by atoms with Crippen molar-refractivity contribution < 1.29 is 9.90 Å². The van der Waals surface area contributed by atoms with E-state index in [1.165, 1.54) is 0 Å². The summed E-state index contributed by atoms with van der Waals surface area (Å²) in [5.41, 5.74) is 0. The molecular weight excluding hydrogens is 204 g/mol. The van der Waals surface area contributed by atoms with Crippen LogP contribution in [0.4, 0.5) is 0 Å². The number of hydrogen-bond acceptors (Lipinski definition) is 3. The Morgan fingerprint density at radius 3 is 2.62 bits per heavy atom. The lowest BCUT2D eigenvalue weighted by molar-refractivity contribution is -0.139. The van der Waals surface area contributed by atoms with Gasteiger partial charge in [-0.1, -0.05) is 6.92 Å². The summed E-state index contributed by atoms with van der Waals surface area (Å²) in [5.74, 6) is 0.739. The van der Waals surface area contributed by atoms with Crippen molar-refractivity contribution in [1.82, 2.24) is 10.2 Å². The van der Waals surface area contributed by atoms with Crippen LogP contribution in [0.25, 0.3) is 0 Å². The maximum absolute atomic E-state index is 12.2. The molecule has 0 radical (unpaired) electrons. The summed E-state index contributed by atoms with van der Waals surface area (Å²) in [7, 11) is 0. The van der Waals surface area contributed by atoms with Gasteiger partial charge in [-0.3, -0.25) is 4.79 Å². The van der Waals surface area contributed by atoms with Gasteiger partial charge in [-0.2, -0.15) is 0 Å². The minimum absolute atomic E-state index is 0.212. The Morgan fingerprint density at radius 2 is 2.00 bits per heavy atom. The molecule has 2 aliphatic heterocycles. The third kappa shape index (κ3) is 2.55. The number of nitrogens with one attached hydrogen (secondary N) is 1. The molecule has 2 fully saturated rings. The highest BCUT2D eigenvalue weighted by atomic mass is 16.3. The Kier molecular flexibility index (Phi) is 3.82. The van der Waals surface area contributed by atoms with Crippen molar-refractivity contribution >= 4 is 5.91 Å². The van der Waals surface area contributed by atoms with Crippen LogP contribution in [0.2, 0.25) is 0 Å². The van der Waals surface area contributed by atoms with E-state index in [2.05, 4.69) is 5.32 Å². The minimum atomic E-state index is -0.225. The molecule has 2 saturated heterocycles. The summed E-state index contributed by atoms with van der Waals surface area (Å²) in [5, 5.41) is 12.9. The van der Waals surface area contributed by atoms with E-state index in [0.717, 1.165) is 45.4 Å². The van der Waals surface area contributed by atoms with Gasteiger partial charge in [0.05, 0.1) is 6.10 Å². The van der Waals surface area contributed by atoms with E-state index in [1.807, 2.05) is 11.8 Å². The van der Waals surface area contributed by atoms with Crippen molar-refractivity contribution in [3.63, 3.8) is 0 Å². The number of amides is 1. The summed E-state index contributed by atoms with van der Waals surface area (Å²) in [4.78, 5) is 14.2. The predicted octanol–water partition coefficient (Wildman–Crippen LogP) is 0.215. The Balaban J connectivity index is 1.89. The number of hydrogen-bond donors (Lipinski definition) is 2. The summed E-state index contributed by atoms with van der Waals surface area (Å²) >= 11 is 0. The van der Waals surface area contributed by atoms with Gasteiger partial charge in [0.25, 0.3) is 0 Å². The fraction of sp³-hybridized carbons (Fsp3) is 0.917. The van der Waals surface area contributed by atoms with Crippen molar-refractivity contribution in [1.29, 1.82) is 0 Å². The smallest absolute Gasteiger partial charge is 0.225 e. The number of piperidine rings is 2. The average molecular weight is 226 g/mol. The molecule has 0 spiro atoms. The SMILES string of the molecule is C[C@H]1CN(C(=O)C2CCNCC2)CC[C@H]1O. The zero-order valence-electron chi connectivity index (χ0n) is 9.98. The van der Waals surface area contributed by atoms with Crippen molar-refractivity contribution in [3.8, 4) is 0 Å². The molecule has 0 aromatic carbocycles. The summed E-state index contributed by atoms with van der Waals surface area (Å²) in [6, 6.07) is 0. The highest BCUT2D eigenvalue weighted by Crippen LogP contribution is 2.21. The van der Waals surface area contributed by atoms with Gasteiger partial charge in [0, 0.05) is 19.0 Å². The molecule has 0 aromatic heterocycles. The van der Waals surface area contributed by atoms with Crippen molar-refractivity contribution in [2.75, 3.05) is 26.2 Å². The molecular formula is C12H22N2O2. The molecule has 1 amide bonds. The van der Waals surface area contributed by atoms with Gasteiger partial charge < -0.3 is 15.3 Å². The van der Waals surface area contributed by atoms with Gasteiger partial charge >= 0.3 is 0 Å². The molecule has 4 heteroatoms. The number of carbonyl (C=O) groups excluding carboxylic acids is 1. The molecule has 2 atom stereocenters. The first-order valence-electron chi connectivity index (χ1n) is 6.36. The Labute approximate surface area is 97.0 Å². The molecule has 0 aliphatic carbocycles. The van der Waals surface area contributed by atoms with Gasteiger partial charge in [-0.15, -0.1) is 0 Å². The van der Waals surface area contributed by atoms with E-state index in [-0.39, 0.29) is 17.9 Å². The summed E-state index contributed by atoms with van der Waals surface area (Å²) in [6.07, 6.45) is 2.44. The minimum Gasteiger partial charge on any atom is -0.393 e. The van der Waals surface area contributed by atoms with E-state index in [4.69, 9.17) is 0 Å². The second-order valence-electron chi connectivity index (χ2n) is 5.14. The number of aliphatic hydroxyl groups excluding tert-OH is 1. The number of nitrogens with zero attached hydrogens (tertiary/aromatic N) is 1. The third-order valence-electron chi connectivity index (χ3n) is 3.86. The Bertz CT molecular complexity index is 251. The van der Waals surface area contributed by atoms with E-state index in [9.17, 15) is 9.90 Å². The zero-order valence-corrected chi connectivity index (χ0v) is 9.98. The number of likely N-dealkylation sites (tertiary alicyclic amines) is 1. The van der Waals surface area contributed by atoms with Crippen LogP contribution in [0, 0.1) is 11.8 Å². The second kappa shape index (κ2) is 5.15. The van der Waals surface area contributed by atoms with Crippen molar-refractivity contribution in [2.24, 2.45) is 11.8 Å². The molecule has 4 nitrogen and oxygen atoms in total. The molecule has 0 bridgehead atoms. The van der Waals surface area contributed by atoms with Gasteiger partial charge in [0.1, 0.15) is 0 Å². The molecule has 2 rings (SSSR count). The maximum Gasteiger partial charge on any atom is 0.225 e. The maximum atomic E-state index is 12.2. The molecule has 0 unspecified atom stereocenters. The summed E-state index contributed by atoms with van der Waals surface area (Å²) < 4.78 is 0. The second-order valence-corrected chi connectivity index (χ2v) is 5.14. The molecule has 92 valence electrons. The number of aliphatic hydroxyl groups is 1. The number of rotatable bonds is 1. The van der Waals surface area contributed by atoms with Gasteiger partial charge in [0.15, 0.2) is 0 Å². The van der Waals surface area contributed by atoms with Crippen LogP contribution in [-0.2, 0) is 4.79 Å². The van der Waals surface area contributed by atoms with Crippen LogP contribution in [-0.4, -0.2) is 48.2 Å². The van der Waals surface area contributed by atoms with Crippen LogP contribution in [0.15, 0.2) is 0 Å². The predicted molar refractivity (Wildman–Crippen MR) is 62.0 cm³/mol. The van der Waals surface area contributed by atoms with Crippen LogP contribution in [0.3, 0.4) is 0 Å². The third-order valence-corrected chi connectivity index (χ3v) is 3.86.